The van der Waals surface area contributed by atoms with Gasteiger partial charge in [0.2, 0.25) is 15.0 Å². The summed E-state index contributed by atoms with van der Waals surface area (Å²) in [5.74, 6) is 0.841. The van der Waals surface area contributed by atoms with Crippen molar-refractivity contribution in [1.82, 2.24) is 15.3 Å². The zero-order chi connectivity index (χ0) is 19.6. The number of nitrogens with one attached hydrogen (secondary N) is 1. The quantitative estimate of drug-likeness (QED) is 0.753. The summed E-state index contributed by atoms with van der Waals surface area (Å²) in [5, 5.41) is 13.6. The highest BCUT2D eigenvalue weighted by atomic mass is 32.2. The highest BCUT2D eigenvalue weighted by Gasteiger charge is 2.55. The highest BCUT2D eigenvalue weighted by Crippen LogP contribution is 2.55. The van der Waals surface area contributed by atoms with E-state index in [2.05, 4.69) is 15.3 Å². The van der Waals surface area contributed by atoms with Gasteiger partial charge in [-0.15, -0.1) is 0 Å². The molecule has 0 saturated heterocycles. The molecule has 0 radical (unpaired) electrons. The van der Waals surface area contributed by atoms with Crippen LogP contribution in [0.15, 0.2) is 11.4 Å². The van der Waals surface area contributed by atoms with Crippen molar-refractivity contribution in [3.63, 3.8) is 0 Å². The SMILES string of the molecule is CC(C)c1nc(S(C)(=O)=O)ncc1C(=O)N[C@H]1C2CC3CC1C[C@@](O)(C3)C2. The molecule has 1 aromatic rings. The summed E-state index contributed by atoms with van der Waals surface area (Å²) in [6, 6.07) is 0.0592. The van der Waals surface area contributed by atoms with Gasteiger partial charge in [0, 0.05) is 18.5 Å². The van der Waals surface area contributed by atoms with Crippen LogP contribution in [0.25, 0.3) is 0 Å². The number of carbonyl (C=O) groups is 1. The summed E-state index contributed by atoms with van der Waals surface area (Å²) in [6.07, 6.45) is 6.92. The lowest BCUT2D eigenvalue weighted by atomic mass is 9.52. The standard InChI is InChI=1S/C19H27N3O4S/c1-10(2)15-14(9-20-18(22-15)27(3,25)26)17(23)21-16-12-4-11-5-13(16)8-19(24,6-11)7-12/h9-13,16,24H,4-8H2,1-3H3,(H,21,23)/t11?,12?,13?,16-,19+. The Morgan fingerprint density at radius 2 is 1.89 bits per heavy atom. The van der Waals surface area contributed by atoms with E-state index in [1.54, 1.807) is 0 Å². The second kappa shape index (κ2) is 6.24. The summed E-state index contributed by atoms with van der Waals surface area (Å²) in [7, 11) is -3.53. The van der Waals surface area contributed by atoms with Gasteiger partial charge in [0.1, 0.15) is 0 Å². The second-order valence-corrected chi connectivity index (χ2v) is 11.0. The molecule has 148 valence electrons. The molecule has 5 rings (SSSR count). The predicted octanol–water partition coefficient (Wildman–Crippen LogP) is 1.67. The topological polar surface area (TPSA) is 109 Å². The van der Waals surface area contributed by atoms with Crippen LogP contribution >= 0.6 is 0 Å². The van der Waals surface area contributed by atoms with Gasteiger partial charge in [-0.2, -0.15) is 0 Å². The Balaban J connectivity index is 1.59. The van der Waals surface area contributed by atoms with E-state index in [1.807, 2.05) is 13.8 Å². The third kappa shape index (κ3) is 3.38. The molecule has 1 amide bonds. The molecule has 4 saturated carbocycles. The average molecular weight is 394 g/mol. The first-order chi connectivity index (χ1) is 12.6. The van der Waals surface area contributed by atoms with E-state index in [9.17, 15) is 18.3 Å². The number of hydrogen-bond donors (Lipinski definition) is 2. The van der Waals surface area contributed by atoms with E-state index in [1.165, 1.54) is 6.20 Å². The van der Waals surface area contributed by atoms with Gasteiger partial charge in [-0.05, 0) is 55.8 Å². The minimum absolute atomic E-state index is 0.0592. The van der Waals surface area contributed by atoms with Crippen LogP contribution in [-0.4, -0.2) is 47.3 Å². The van der Waals surface area contributed by atoms with Gasteiger partial charge in [-0.1, -0.05) is 13.8 Å². The molecular weight excluding hydrogens is 366 g/mol. The molecule has 4 aliphatic carbocycles. The maximum Gasteiger partial charge on any atom is 0.254 e. The predicted molar refractivity (Wildman–Crippen MR) is 99.0 cm³/mol. The van der Waals surface area contributed by atoms with Crippen molar-refractivity contribution < 1.29 is 18.3 Å². The van der Waals surface area contributed by atoms with E-state index in [-0.39, 0.29) is 23.0 Å². The summed E-state index contributed by atoms with van der Waals surface area (Å²) in [5.41, 5.74) is 0.247. The smallest absolute Gasteiger partial charge is 0.254 e. The molecule has 4 aliphatic rings. The number of rotatable bonds is 4. The average Bonchev–Trinajstić information content (AvgIpc) is 2.55. The Morgan fingerprint density at radius 3 is 2.41 bits per heavy atom. The number of nitrogens with zero attached hydrogens (tertiary/aromatic N) is 2. The first-order valence-corrected chi connectivity index (χ1v) is 11.5. The molecule has 0 spiro atoms. The zero-order valence-electron chi connectivity index (χ0n) is 16.0. The van der Waals surface area contributed by atoms with Crippen LogP contribution < -0.4 is 5.32 Å². The first-order valence-electron chi connectivity index (χ1n) is 9.66. The Kier molecular flexibility index (Phi) is 4.34. The van der Waals surface area contributed by atoms with E-state index in [4.69, 9.17) is 0 Å². The maximum atomic E-state index is 13.0. The second-order valence-electron chi connectivity index (χ2n) is 9.07. The summed E-state index contributed by atoms with van der Waals surface area (Å²) in [6.45, 7) is 3.76. The van der Waals surface area contributed by atoms with Crippen molar-refractivity contribution in [2.45, 2.75) is 68.7 Å². The molecule has 2 N–H and O–H groups in total. The van der Waals surface area contributed by atoms with Crippen LogP contribution in [0.1, 0.15) is 67.9 Å². The van der Waals surface area contributed by atoms with Gasteiger partial charge in [0.05, 0.1) is 16.9 Å². The van der Waals surface area contributed by atoms with Crippen molar-refractivity contribution in [2.75, 3.05) is 6.26 Å². The van der Waals surface area contributed by atoms with Crippen molar-refractivity contribution in [1.29, 1.82) is 0 Å². The molecule has 1 aromatic heterocycles. The van der Waals surface area contributed by atoms with Crippen LogP contribution in [0, 0.1) is 17.8 Å². The molecule has 4 bridgehead atoms. The molecular formula is C19H27N3O4S. The fraction of sp³-hybridized carbons (Fsp3) is 0.737. The number of aliphatic hydroxyl groups is 1. The molecule has 2 unspecified atom stereocenters. The van der Waals surface area contributed by atoms with Crippen LogP contribution in [-0.2, 0) is 9.84 Å². The number of carbonyl (C=O) groups excluding carboxylic acids is 1. The fourth-order valence-electron chi connectivity index (χ4n) is 5.62. The van der Waals surface area contributed by atoms with Crippen LogP contribution in [0.3, 0.4) is 0 Å². The Labute approximate surface area is 159 Å². The van der Waals surface area contributed by atoms with Crippen LogP contribution in [0.5, 0.6) is 0 Å². The van der Waals surface area contributed by atoms with Gasteiger partial charge in [-0.25, -0.2) is 18.4 Å². The summed E-state index contributed by atoms with van der Waals surface area (Å²) < 4.78 is 23.5. The molecule has 8 heteroatoms. The Hall–Kier alpha value is -1.54. The fourth-order valence-corrected chi connectivity index (χ4v) is 6.13. The van der Waals surface area contributed by atoms with Gasteiger partial charge in [0.25, 0.3) is 5.91 Å². The number of aromatic nitrogens is 2. The van der Waals surface area contributed by atoms with Crippen LogP contribution in [0.4, 0.5) is 0 Å². The van der Waals surface area contributed by atoms with Crippen molar-refractivity contribution in [2.24, 2.45) is 17.8 Å². The zero-order valence-corrected chi connectivity index (χ0v) is 16.8. The summed E-state index contributed by atoms with van der Waals surface area (Å²) in [4.78, 5) is 21.1. The first kappa shape index (κ1) is 18.8. The number of amides is 1. The normalized spacial score (nSPS) is 34.9. The number of sulfone groups is 1. The molecule has 2 atom stereocenters. The lowest BCUT2D eigenvalue weighted by molar-refractivity contribution is -0.136. The number of hydrogen-bond acceptors (Lipinski definition) is 6. The van der Waals surface area contributed by atoms with Gasteiger partial charge < -0.3 is 10.4 Å². The van der Waals surface area contributed by atoms with Crippen LogP contribution in [0.2, 0.25) is 0 Å². The van der Waals surface area contributed by atoms with E-state index < -0.39 is 15.4 Å². The van der Waals surface area contributed by atoms with Gasteiger partial charge in [0.15, 0.2) is 0 Å². The summed E-state index contributed by atoms with van der Waals surface area (Å²) >= 11 is 0. The van der Waals surface area contributed by atoms with E-state index in [0.29, 0.717) is 29.0 Å². The lowest BCUT2D eigenvalue weighted by Gasteiger charge is -2.58. The largest absolute Gasteiger partial charge is 0.390 e. The minimum atomic E-state index is -3.53. The van der Waals surface area contributed by atoms with Gasteiger partial charge >= 0.3 is 0 Å². The third-order valence-electron chi connectivity index (χ3n) is 6.46. The minimum Gasteiger partial charge on any atom is -0.390 e. The Bertz CT molecular complexity index is 867. The lowest BCUT2D eigenvalue weighted by Crippen LogP contribution is -2.61. The molecule has 0 aromatic carbocycles. The van der Waals surface area contributed by atoms with Gasteiger partial charge in [-0.3, -0.25) is 4.79 Å². The third-order valence-corrected chi connectivity index (χ3v) is 7.32. The van der Waals surface area contributed by atoms with E-state index >= 15 is 0 Å². The Morgan fingerprint density at radius 1 is 1.26 bits per heavy atom. The molecule has 0 aliphatic heterocycles. The van der Waals surface area contributed by atoms with Crippen molar-refractivity contribution in [3.05, 3.63) is 17.5 Å². The monoisotopic (exact) mass is 393 g/mol. The molecule has 4 fully saturated rings. The highest BCUT2D eigenvalue weighted by molar-refractivity contribution is 7.90. The maximum absolute atomic E-state index is 13.0. The molecule has 7 nitrogen and oxygen atoms in total. The molecule has 1 heterocycles. The van der Waals surface area contributed by atoms with Crippen molar-refractivity contribution >= 4 is 15.7 Å². The van der Waals surface area contributed by atoms with Crippen molar-refractivity contribution in [3.8, 4) is 0 Å². The van der Waals surface area contributed by atoms with E-state index in [0.717, 1.165) is 38.4 Å². The molecule has 27 heavy (non-hydrogen) atoms.